The van der Waals surface area contributed by atoms with E-state index >= 15 is 0 Å². The van der Waals surface area contributed by atoms with Gasteiger partial charge in [-0.1, -0.05) is 46.3 Å². The first kappa shape index (κ1) is 15.8. The van der Waals surface area contributed by atoms with Crippen LogP contribution >= 0.6 is 15.9 Å². The number of carbonyl (C=O) groups excluding carboxylic acids is 1. The van der Waals surface area contributed by atoms with Crippen LogP contribution < -0.4 is 4.74 Å². The fourth-order valence-corrected chi connectivity index (χ4v) is 2.41. The maximum Gasteiger partial charge on any atom is 0.176 e. The van der Waals surface area contributed by atoms with E-state index < -0.39 is 0 Å². The molecule has 2 aromatic rings. The van der Waals surface area contributed by atoms with Crippen molar-refractivity contribution in [3.8, 4) is 5.75 Å². The van der Waals surface area contributed by atoms with Crippen molar-refractivity contribution in [2.24, 2.45) is 0 Å². The minimum absolute atomic E-state index is 0.102. The van der Waals surface area contributed by atoms with Crippen molar-refractivity contribution in [2.45, 2.75) is 32.2 Å². The Morgan fingerprint density at radius 3 is 2.43 bits per heavy atom. The van der Waals surface area contributed by atoms with Gasteiger partial charge in [0.25, 0.3) is 0 Å². The lowest BCUT2D eigenvalue weighted by Gasteiger charge is -2.14. The van der Waals surface area contributed by atoms with E-state index in [0.717, 1.165) is 28.0 Å². The molecule has 0 N–H and O–H groups in total. The summed E-state index contributed by atoms with van der Waals surface area (Å²) in [4.78, 5) is 11.9. The van der Waals surface area contributed by atoms with E-state index in [2.05, 4.69) is 15.9 Å². The van der Waals surface area contributed by atoms with E-state index in [1.54, 1.807) is 0 Å². The molecule has 110 valence electrons. The predicted molar refractivity (Wildman–Crippen MR) is 89.4 cm³/mol. The van der Waals surface area contributed by atoms with E-state index in [4.69, 9.17) is 4.74 Å². The first-order valence-electron chi connectivity index (χ1n) is 6.95. The van der Waals surface area contributed by atoms with Gasteiger partial charge in [0.05, 0.1) is 4.83 Å². The van der Waals surface area contributed by atoms with E-state index in [-0.39, 0.29) is 10.6 Å². The standard InChI is InChI=1S/C18H19BrO2/c1-12-10-17(21-11-15-7-5-4-6-8-15)13(2)9-16(12)18(20)14(3)19/h4-10,14H,11H2,1-3H3. The van der Waals surface area contributed by atoms with Crippen LogP contribution in [0.1, 0.15) is 34.0 Å². The quantitative estimate of drug-likeness (QED) is 0.571. The van der Waals surface area contributed by atoms with Gasteiger partial charge in [-0.3, -0.25) is 4.79 Å². The maximum absolute atomic E-state index is 12.1. The fraction of sp³-hybridized carbons (Fsp3) is 0.278. The Labute approximate surface area is 134 Å². The van der Waals surface area contributed by atoms with Crippen molar-refractivity contribution in [2.75, 3.05) is 0 Å². The number of aryl methyl sites for hydroxylation is 2. The molecule has 0 amide bonds. The first-order valence-corrected chi connectivity index (χ1v) is 7.87. The summed E-state index contributed by atoms with van der Waals surface area (Å²) in [6, 6.07) is 13.9. The second kappa shape index (κ2) is 6.90. The number of hydrogen-bond acceptors (Lipinski definition) is 2. The molecule has 0 saturated carbocycles. The highest BCUT2D eigenvalue weighted by Gasteiger charge is 2.16. The van der Waals surface area contributed by atoms with Gasteiger partial charge in [0, 0.05) is 5.56 Å². The number of benzene rings is 2. The molecule has 0 saturated heterocycles. The Kier molecular flexibility index (Phi) is 5.18. The molecule has 1 unspecified atom stereocenters. The third-order valence-corrected chi connectivity index (χ3v) is 3.80. The van der Waals surface area contributed by atoms with Crippen molar-refractivity contribution < 1.29 is 9.53 Å². The van der Waals surface area contributed by atoms with Crippen molar-refractivity contribution in [1.29, 1.82) is 0 Å². The zero-order valence-corrected chi connectivity index (χ0v) is 14.1. The molecule has 2 aromatic carbocycles. The predicted octanol–water partition coefficient (Wildman–Crippen LogP) is 4.85. The van der Waals surface area contributed by atoms with E-state index in [1.165, 1.54) is 0 Å². The zero-order chi connectivity index (χ0) is 15.4. The van der Waals surface area contributed by atoms with Gasteiger partial charge in [0.2, 0.25) is 0 Å². The highest BCUT2D eigenvalue weighted by atomic mass is 79.9. The molecular formula is C18H19BrO2. The van der Waals surface area contributed by atoms with E-state index in [0.29, 0.717) is 6.61 Å². The number of alkyl halides is 1. The van der Waals surface area contributed by atoms with Gasteiger partial charge in [-0.25, -0.2) is 0 Å². The lowest BCUT2D eigenvalue weighted by molar-refractivity contribution is 0.0995. The minimum atomic E-state index is -0.174. The highest BCUT2D eigenvalue weighted by molar-refractivity contribution is 9.10. The average Bonchev–Trinajstić information content (AvgIpc) is 2.48. The van der Waals surface area contributed by atoms with Crippen LogP contribution in [-0.4, -0.2) is 10.6 Å². The number of halogens is 1. The molecule has 0 aliphatic carbocycles. The van der Waals surface area contributed by atoms with Crippen molar-refractivity contribution in [3.63, 3.8) is 0 Å². The molecule has 0 bridgehead atoms. The fourth-order valence-electron chi connectivity index (χ4n) is 2.16. The molecule has 0 spiro atoms. The Morgan fingerprint density at radius 1 is 1.14 bits per heavy atom. The monoisotopic (exact) mass is 346 g/mol. The number of rotatable bonds is 5. The Balaban J connectivity index is 2.19. The normalized spacial score (nSPS) is 12.0. The van der Waals surface area contributed by atoms with E-state index in [9.17, 15) is 4.79 Å². The molecule has 3 heteroatoms. The van der Waals surface area contributed by atoms with Gasteiger partial charge in [-0.15, -0.1) is 0 Å². The van der Waals surface area contributed by atoms with Gasteiger partial charge in [0.15, 0.2) is 5.78 Å². The van der Waals surface area contributed by atoms with Gasteiger partial charge in [0.1, 0.15) is 12.4 Å². The highest BCUT2D eigenvalue weighted by Crippen LogP contribution is 2.25. The number of ketones is 1. The Hall–Kier alpha value is -1.61. The minimum Gasteiger partial charge on any atom is -0.489 e. The summed E-state index contributed by atoms with van der Waals surface area (Å²) in [7, 11) is 0. The summed E-state index contributed by atoms with van der Waals surface area (Å²) in [6.07, 6.45) is 0. The number of carbonyl (C=O) groups is 1. The van der Waals surface area contributed by atoms with Crippen LogP contribution in [0.3, 0.4) is 0 Å². The SMILES string of the molecule is Cc1cc(C(=O)C(C)Br)c(C)cc1OCc1ccccc1. The third kappa shape index (κ3) is 3.94. The maximum atomic E-state index is 12.1. The topological polar surface area (TPSA) is 26.3 Å². The first-order chi connectivity index (χ1) is 9.99. The summed E-state index contributed by atoms with van der Waals surface area (Å²) < 4.78 is 5.88. The Bertz CT molecular complexity index is 633. The van der Waals surface area contributed by atoms with Crippen LogP contribution in [-0.2, 0) is 6.61 Å². The zero-order valence-electron chi connectivity index (χ0n) is 12.5. The molecule has 0 radical (unpaired) electrons. The summed E-state index contributed by atoms with van der Waals surface area (Å²) in [5.74, 6) is 0.931. The van der Waals surface area contributed by atoms with Crippen molar-refractivity contribution in [3.05, 3.63) is 64.7 Å². The molecule has 1 atom stereocenters. The van der Waals surface area contributed by atoms with Crippen LogP contribution in [0.15, 0.2) is 42.5 Å². The van der Waals surface area contributed by atoms with Gasteiger partial charge < -0.3 is 4.74 Å². The molecule has 21 heavy (non-hydrogen) atoms. The molecule has 0 aromatic heterocycles. The molecule has 0 fully saturated rings. The number of hydrogen-bond donors (Lipinski definition) is 0. The average molecular weight is 347 g/mol. The van der Waals surface area contributed by atoms with Gasteiger partial charge in [-0.05, 0) is 49.6 Å². The van der Waals surface area contributed by atoms with Gasteiger partial charge >= 0.3 is 0 Å². The number of ether oxygens (including phenoxy) is 1. The van der Waals surface area contributed by atoms with Crippen LogP contribution in [0.4, 0.5) is 0 Å². The second-order valence-electron chi connectivity index (χ2n) is 5.19. The second-order valence-corrected chi connectivity index (χ2v) is 6.56. The molecule has 0 aliphatic heterocycles. The summed E-state index contributed by atoms with van der Waals surface area (Å²) in [5, 5.41) is 0. The molecular weight excluding hydrogens is 328 g/mol. The van der Waals surface area contributed by atoms with Gasteiger partial charge in [-0.2, -0.15) is 0 Å². The van der Waals surface area contributed by atoms with E-state index in [1.807, 2.05) is 63.2 Å². The van der Waals surface area contributed by atoms with Crippen molar-refractivity contribution >= 4 is 21.7 Å². The van der Waals surface area contributed by atoms with Crippen LogP contribution in [0.5, 0.6) is 5.75 Å². The number of Topliss-reactive ketones (excluding diaryl/α,β-unsaturated/α-hetero) is 1. The van der Waals surface area contributed by atoms with Crippen LogP contribution in [0.25, 0.3) is 0 Å². The summed E-state index contributed by atoms with van der Waals surface area (Å²) in [5.41, 5.74) is 3.81. The molecule has 2 rings (SSSR count). The third-order valence-electron chi connectivity index (χ3n) is 3.39. The summed E-state index contributed by atoms with van der Waals surface area (Å²) in [6.45, 7) is 6.28. The lowest BCUT2D eigenvalue weighted by atomic mass is 10.00. The molecule has 2 nitrogen and oxygen atoms in total. The van der Waals surface area contributed by atoms with Crippen molar-refractivity contribution in [1.82, 2.24) is 0 Å². The molecule has 0 aliphatic rings. The Morgan fingerprint density at radius 2 is 1.81 bits per heavy atom. The lowest BCUT2D eigenvalue weighted by Crippen LogP contribution is -2.12. The van der Waals surface area contributed by atoms with Crippen LogP contribution in [0.2, 0.25) is 0 Å². The molecule has 0 heterocycles. The largest absolute Gasteiger partial charge is 0.489 e. The van der Waals surface area contributed by atoms with Crippen LogP contribution in [0, 0.1) is 13.8 Å². The smallest absolute Gasteiger partial charge is 0.176 e. The summed E-state index contributed by atoms with van der Waals surface area (Å²) >= 11 is 3.33.